The lowest BCUT2D eigenvalue weighted by molar-refractivity contribution is -0.141. The molecule has 0 aliphatic rings. The highest BCUT2D eigenvalue weighted by Crippen LogP contribution is 2.21. The number of amides is 1. The van der Waals surface area contributed by atoms with E-state index in [4.69, 9.17) is 5.73 Å². The molecule has 0 heterocycles. The fraction of sp³-hybridized carbons (Fsp3) is 0.385. The summed E-state index contributed by atoms with van der Waals surface area (Å²) in [6, 6.07) is 6.29. The Morgan fingerprint density at radius 3 is 2.68 bits per heavy atom. The lowest BCUT2D eigenvalue weighted by atomic mass is 10.0. The van der Waals surface area contributed by atoms with Crippen LogP contribution in [0.15, 0.2) is 28.7 Å². The normalized spacial score (nSPS) is 13.5. The number of nitrogens with one attached hydrogen (secondary N) is 1. The Morgan fingerprint density at radius 2 is 2.16 bits per heavy atom. The molecular weight excluding hydrogens is 312 g/mol. The molecule has 0 aliphatic carbocycles. The minimum atomic E-state index is -0.632. The minimum Gasteiger partial charge on any atom is -0.469 e. The first-order valence-corrected chi connectivity index (χ1v) is 6.61. The molecule has 3 N–H and O–H groups in total. The molecule has 0 aliphatic heterocycles. The molecule has 104 valence electrons. The minimum absolute atomic E-state index is 0.0609. The van der Waals surface area contributed by atoms with E-state index in [9.17, 15) is 9.59 Å². The molecule has 0 bridgehead atoms. The number of ether oxygens (including phenoxy) is 1. The summed E-state index contributed by atoms with van der Waals surface area (Å²) in [6.07, 6.45) is 0.0609. The smallest absolute Gasteiger partial charge is 0.307 e. The van der Waals surface area contributed by atoms with Crippen LogP contribution in [-0.4, -0.2) is 25.0 Å². The number of halogens is 1. The van der Waals surface area contributed by atoms with Gasteiger partial charge in [0, 0.05) is 4.47 Å². The van der Waals surface area contributed by atoms with Gasteiger partial charge in [-0.3, -0.25) is 9.59 Å². The van der Waals surface area contributed by atoms with Gasteiger partial charge < -0.3 is 15.8 Å². The third-order valence-electron chi connectivity index (χ3n) is 2.58. The zero-order valence-electron chi connectivity index (χ0n) is 10.9. The highest BCUT2D eigenvalue weighted by molar-refractivity contribution is 9.10. The Hall–Kier alpha value is -1.40. The third-order valence-corrected chi connectivity index (χ3v) is 3.07. The van der Waals surface area contributed by atoms with Gasteiger partial charge >= 0.3 is 5.97 Å². The number of rotatable bonds is 5. The first-order chi connectivity index (χ1) is 8.93. The van der Waals surface area contributed by atoms with Crippen molar-refractivity contribution in [2.45, 2.75) is 25.4 Å². The first-order valence-electron chi connectivity index (χ1n) is 5.82. The van der Waals surface area contributed by atoms with Crippen LogP contribution in [0.25, 0.3) is 0 Å². The first kappa shape index (κ1) is 15.7. The molecule has 19 heavy (non-hydrogen) atoms. The summed E-state index contributed by atoms with van der Waals surface area (Å²) in [5.74, 6) is -0.705. The Kier molecular flexibility index (Phi) is 5.98. The van der Waals surface area contributed by atoms with Gasteiger partial charge in [-0.2, -0.15) is 0 Å². The molecule has 6 heteroatoms. The van der Waals surface area contributed by atoms with Gasteiger partial charge in [0.1, 0.15) is 0 Å². The summed E-state index contributed by atoms with van der Waals surface area (Å²) in [5.41, 5.74) is 6.33. The third kappa shape index (κ3) is 5.00. The van der Waals surface area contributed by atoms with E-state index in [1.54, 1.807) is 6.92 Å². The van der Waals surface area contributed by atoms with Crippen LogP contribution in [-0.2, 0) is 14.3 Å². The van der Waals surface area contributed by atoms with Crippen LogP contribution >= 0.6 is 15.9 Å². The molecule has 1 rings (SSSR count). The summed E-state index contributed by atoms with van der Waals surface area (Å²) in [4.78, 5) is 23.1. The number of nitrogens with two attached hydrogens (primary N) is 1. The Labute approximate surface area is 120 Å². The second kappa shape index (κ2) is 7.25. The van der Waals surface area contributed by atoms with E-state index in [0.717, 1.165) is 10.0 Å². The molecule has 0 fully saturated rings. The fourth-order valence-electron chi connectivity index (χ4n) is 1.53. The van der Waals surface area contributed by atoms with Gasteiger partial charge in [-0.15, -0.1) is 0 Å². The second-order valence-corrected chi connectivity index (χ2v) is 5.10. The molecule has 1 aromatic rings. The number of hydrogen-bond donors (Lipinski definition) is 2. The van der Waals surface area contributed by atoms with Crippen LogP contribution in [0, 0.1) is 0 Å². The van der Waals surface area contributed by atoms with Gasteiger partial charge in [0.05, 0.1) is 25.6 Å². The van der Waals surface area contributed by atoms with Gasteiger partial charge in [-0.1, -0.05) is 28.1 Å². The molecule has 5 nitrogen and oxygen atoms in total. The van der Waals surface area contributed by atoms with Crippen molar-refractivity contribution in [1.29, 1.82) is 0 Å². The molecule has 0 saturated carbocycles. The summed E-state index contributed by atoms with van der Waals surface area (Å²) in [5, 5.41) is 2.74. The van der Waals surface area contributed by atoms with Crippen LogP contribution in [0.5, 0.6) is 0 Å². The zero-order valence-corrected chi connectivity index (χ0v) is 12.4. The van der Waals surface area contributed by atoms with Gasteiger partial charge in [-0.25, -0.2) is 0 Å². The summed E-state index contributed by atoms with van der Waals surface area (Å²) in [7, 11) is 1.31. The topological polar surface area (TPSA) is 81.4 Å². The van der Waals surface area contributed by atoms with Crippen molar-refractivity contribution >= 4 is 27.8 Å². The van der Waals surface area contributed by atoms with E-state index >= 15 is 0 Å². The highest BCUT2D eigenvalue weighted by atomic mass is 79.9. The fourth-order valence-corrected chi connectivity index (χ4v) is 1.95. The summed E-state index contributed by atoms with van der Waals surface area (Å²) < 4.78 is 5.51. The van der Waals surface area contributed by atoms with Crippen LogP contribution in [0.3, 0.4) is 0 Å². The van der Waals surface area contributed by atoms with E-state index < -0.39 is 18.1 Å². The number of carbonyl (C=O) groups excluding carboxylic acids is 2. The van der Waals surface area contributed by atoms with E-state index in [1.807, 2.05) is 24.3 Å². The van der Waals surface area contributed by atoms with Crippen molar-refractivity contribution in [3.8, 4) is 0 Å². The molecule has 1 unspecified atom stereocenters. The van der Waals surface area contributed by atoms with Crippen LogP contribution in [0.1, 0.15) is 24.9 Å². The van der Waals surface area contributed by atoms with E-state index in [2.05, 4.69) is 26.0 Å². The highest BCUT2D eigenvalue weighted by Gasteiger charge is 2.20. The average molecular weight is 329 g/mol. The van der Waals surface area contributed by atoms with Gasteiger partial charge in [0.15, 0.2) is 0 Å². The van der Waals surface area contributed by atoms with Gasteiger partial charge in [0.25, 0.3) is 0 Å². The standard InChI is InChI=1S/C13H17BrN2O3/c1-8(15)13(18)16-11(7-12(17)19-2)9-4-3-5-10(14)6-9/h3-6,8,11H,7,15H2,1-2H3,(H,16,18)/t8-,11?/m0/s1. The maximum Gasteiger partial charge on any atom is 0.307 e. The molecule has 0 radical (unpaired) electrons. The van der Waals surface area contributed by atoms with Crippen molar-refractivity contribution in [3.05, 3.63) is 34.3 Å². The Bertz CT molecular complexity index is 463. The van der Waals surface area contributed by atoms with Crippen molar-refractivity contribution in [2.75, 3.05) is 7.11 Å². The largest absolute Gasteiger partial charge is 0.469 e. The number of benzene rings is 1. The Balaban J connectivity index is 2.91. The van der Waals surface area contributed by atoms with Crippen molar-refractivity contribution in [3.63, 3.8) is 0 Å². The van der Waals surface area contributed by atoms with Crippen molar-refractivity contribution in [1.82, 2.24) is 5.32 Å². The SMILES string of the molecule is COC(=O)CC(NC(=O)[C@H](C)N)c1cccc(Br)c1. The van der Waals surface area contributed by atoms with E-state index in [-0.39, 0.29) is 12.3 Å². The lowest BCUT2D eigenvalue weighted by Gasteiger charge is -2.19. The van der Waals surface area contributed by atoms with Gasteiger partial charge in [0.2, 0.25) is 5.91 Å². The number of hydrogen-bond acceptors (Lipinski definition) is 4. The lowest BCUT2D eigenvalue weighted by Crippen LogP contribution is -2.41. The van der Waals surface area contributed by atoms with E-state index in [0.29, 0.717) is 0 Å². The quantitative estimate of drug-likeness (QED) is 0.803. The molecule has 0 aromatic heterocycles. The van der Waals surface area contributed by atoms with Crippen LogP contribution < -0.4 is 11.1 Å². The molecule has 2 atom stereocenters. The van der Waals surface area contributed by atoms with Gasteiger partial charge in [-0.05, 0) is 24.6 Å². The predicted molar refractivity (Wildman–Crippen MR) is 75.3 cm³/mol. The van der Waals surface area contributed by atoms with Crippen LogP contribution in [0.4, 0.5) is 0 Å². The second-order valence-electron chi connectivity index (χ2n) is 4.19. The number of methoxy groups -OCH3 is 1. The molecule has 1 amide bonds. The van der Waals surface area contributed by atoms with Crippen molar-refractivity contribution in [2.24, 2.45) is 5.73 Å². The molecular formula is C13H17BrN2O3. The summed E-state index contributed by atoms with van der Waals surface area (Å²) >= 11 is 3.36. The zero-order chi connectivity index (χ0) is 14.4. The molecule has 0 spiro atoms. The molecule has 1 aromatic carbocycles. The van der Waals surface area contributed by atoms with E-state index in [1.165, 1.54) is 7.11 Å². The average Bonchev–Trinajstić information content (AvgIpc) is 2.37. The van der Waals surface area contributed by atoms with Crippen LogP contribution in [0.2, 0.25) is 0 Å². The number of carbonyl (C=O) groups is 2. The molecule has 0 saturated heterocycles. The number of esters is 1. The van der Waals surface area contributed by atoms with Crippen molar-refractivity contribution < 1.29 is 14.3 Å². The monoisotopic (exact) mass is 328 g/mol. The Morgan fingerprint density at radius 1 is 1.47 bits per heavy atom. The predicted octanol–water partition coefficient (Wildman–Crippen LogP) is 1.52. The maximum atomic E-state index is 11.7. The summed E-state index contributed by atoms with van der Waals surface area (Å²) in [6.45, 7) is 1.59. The maximum absolute atomic E-state index is 11.7.